The summed E-state index contributed by atoms with van der Waals surface area (Å²) >= 11 is 1.50. The van der Waals surface area contributed by atoms with Gasteiger partial charge in [-0.15, -0.1) is 0 Å². The minimum atomic E-state index is -0.277. The number of hydrogen-bond donors (Lipinski definition) is 1. The van der Waals surface area contributed by atoms with E-state index in [2.05, 4.69) is 0 Å². The van der Waals surface area contributed by atoms with Crippen molar-refractivity contribution in [2.24, 2.45) is 5.73 Å². The van der Waals surface area contributed by atoms with Gasteiger partial charge in [0.15, 0.2) is 0 Å². The largest absolute Gasteiger partial charge is 0.341 e. The highest BCUT2D eigenvalue weighted by Gasteiger charge is 2.11. The monoisotopic (exact) mass is 270 g/mol. The molecule has 0 fully saturated rings. The Morgan fingerprint density at radius 1 is 1.50 bits per heavy atom. The second-order valence-electron chi connectivity index (χ2n) is 4.33. The molecule has 1 rings (SSSR count). The molecule has 0 bridgehead atoms. The standard InChI is InChI=1S/C13H19FN2OS/c1-10(15)8-18-9-13(17)16(2)7-11-5-3-4-6-12(11)14/h3-6,10H,7-9,15H2,1-2H3. The summed E-state index contributed by atoms with van der Waals surface area (Å²) < 4.78 is 13.4. The van der Waals surface area contributed by atoms with E-state index in [1.165, 1.54) is 22.7 Å². The second kappa shape index (κ2) is 7.38. The smallest absolute Gasteiger partial charge is 0.232 e. The van der Waals surface area contributed by atoms with Gasteiger partial charge in [0.2, 0.25) is 5.91 Å². The van der Waals surface area contributed by atoms with Gasteiger partial charge < -0.3 is 10.6 Å². The number of nitrogens with zero attached hydrogens (tertiary/aromatic N) is 1. The quantitative estimate of drug-likeness (QED) is 0.858. The summed E-state index contributed by atoms with van der Waals surface area (Å²) in [6, 6.07) is 6.58. The first-order valence-electron chi connectivity index (χ1n) is 5.81. The average molecular weight is 270 g/mol. The lowest BCUT2D eigenvalue weighted by molar-refractivity contribution is -0.127. The van der Waals surface area contributed by atoms with Crippen LogP contribution in [0.3, 0.4) is 0 Å². The van der Waals surface area contributed by atoms with Crippen molar-refractivity contribution in [2.45, 2.75) is 19.5 Å². The molecule has 1 aromatic rings. The molecule has 0 heterocycles. The maximum atomic E-state index is 13.4. The molecule has 1 amide bonds. The Bertz CT molecular complexity index is 398. The molecule has 1 aromatic carbocycles. The summed E-state index contributed by atoms with van der Waals surface area (Å²) in [7, 11) is 1.68. The average Bonchev–Trinajstić information content (AvgIpc) is 2.31. The highest BCUT2D eigenvalue weighted by atomic mass is 32.2. The number of benzene rings is 1. The summed E-state index contributed by atoms with van der Waals surface area (Å²) in [6.45, 7) is 2.20. The van der Waals surface area contributed by atoms with Gasteiger partial charge in [-0.05, 0) is 13.0 Å². The Labute approximate surface area is 112 Å². The van der Waals surface area contributed by atoms with E-state index in [0.29, 0.717) is 17.9 Å². The number of hydrogen-bond acceptors (Lipinski definition) is 3. The zero-order valence-electron chi connectivity index (χ0n) is 10.7. The van der Waals surface area contributed by atoms with Crippen LogP contribution < -0.4 is 5.73 Å². The number of carbonyl (C=O) groups is 1. The van der Waals surface area contributed by atoms with Crippen LogP contribution >= 0.6 is 11.8 Å². The Hall–Kier alpha value is -1.07. The Morgan fingerprint density at radius 3 is 2.78 bits per heavy atom. The molecule has 0 radical (unpaired) electrons. The van der Waals surface area contributed by atoms with Gasteiger partial charge in [-0.1, -0.05) is 18.2 Å². The zero-order chi connectivity index (χ0) is 13.5. The van der Waals surface area contributed by atoms with Gasteiger partial charge in [0, 0.05) is 31.0 Å². The van der Waals surface area contributed by atoms with Crippen molar-refractivity contribution < 1.29 is 9.18 Å². The van der Waals surface area contributed by atoms with Crippen molar-refractivity contribution in [1.29, 1.82) is 0 Å². The van der Waals surface area contributed by atoms with Gasteiger partial charge in [0.1, 0.15) is 5.82 Å². The topological polar surface area (TPSA) is 46.3 Å². The molecule has 2 N–H and O–H groups in total. The lowest BCUT2D eigenvalue weighted by atomic mass is 10.2. The highest BCUT2D eigenvalue weighted by Crippen LogP contribution is 2.10. The fourth-order valence-electron chi connectivity index (χ4n) is 1.41. The fraction of sp³-hybridized carbons (Fsp3) is 0.462. The summed E-state index contributed by atoms with van der Waals surface area (Å²) in [5, 5.41) is 0. The molecule has 0 aliphatic rings. The van der Waals surface area contributed by atoms with Gasteiger partial charge in [0.25, 0.3) is 0 Å². The third-order valence-corrected chi connectivity index (χ3v) is 3.61. The first-order chi connectivity index (χ1) is 8.50. The van der Waals surface area contributed by atoms with Crippen LogP contribution in [0.5, 0.6) is 0 Å². The van der Waals surface area contributed by atoms with Gasteiger partial charge >= 0.3 is 0 Å². The predicted molar refractivity (Wildman–Crippen MR) is 73.8 cm³/mol. The molecular weight excluding hydrogens is 251 g/mol. The van der Waals surface area contributed by atoms with Gasteiger partial charge in [-0.25, -0.2) is 4.39 Å². The minimum absolute atomic E-state index is 0.0103. The van der Waals surface area contributed by atoms with Crippen molar-refractivity contribution in [1.82, 2.24) is 4.90 Å². The maximum absolute atomic E-state index is 13.4. The molecule has 0 saturated heterocycles. The molecule has 100 valence electrons. The fourth-order valence-corrected chi connectivity index (χ4v) is 2.30. The van der Waals surface area contributed by atoms with Crippen LogP contribution in [-0.4, -0.2) is 35.4 Å². The van der Waals surface area contributed by atoms with Crippen LogP contribution in [0.15, 0.2) is 24.3 Å². The number of carbonyl (C=O) groups excluding carboxylic acids is 1. The summed E-state index contributed by atoms with van der Waals surface area (Å²) in [5.41, 5.74) is 6.14. The van der Waals surface area contributed by atoms with Gasteiger partial charge in [0.05, 0.1) is 5.75 Å². The molecule has 1 atom stereocenters. The second-order valence-corrected chi connectivity index (χ2v) is 5.36. The summed E-state index contributed by atoms with van der Waals surface area (Å²) in [5.74, 6) is 0.843. The molecule has 0 saturated carbocycles. The lowest BCUT2D eigenvalue weighted by Gasteiger charge is -2.17. The molecule has 18 heavy (non-hydrogen) atoms. The van der Waals surface area contributed by atoms with Crippen LogP contribution in [0.4, 0.5) is 4.39 Å². The van der Waals surface area contributed by atoms with Gasteiger partial charge in [-0.2, -0.15) is 11.8 Å². The number of nitrogens with two attached hydrogens (primary N) is 1. The van der Waals surface area contributed by atoms with E-state index < -0.39 is 0 Å². The highest BCUT2D eigenvalue weighted by molar-refractivity contribution is 7.99. The van der Waals surface area contributed by atoms with Crippen molar-refractivity contribution in [3.05, 3.63) is 35.6 Å². The molecule has 5 heteroatoms. The van der Waals surface area contributed by atoms with E-state index in [1.807, 2.05) is 6.92 Å². The first kappa shape index (κ1) is 15.0. The van der Waals surface area contributed by atoms with Crippen molar-refractivity contribution in [2.75, 3.05) is 18.6 Å². The number of amides is 1. The van der Waals surface area contributed by atoms with E-state index in [-0.39, 0.29) is 17.8 Å². The van der Waals surface area contributed by atoms with E-state index >= 15 is 0 Å². The number of thioether (sulfide) groups is 1. The molecule has 0 aliphatic carbocycles. The molecule has 1 unspecified atom stereocenters. The molecule has 3 nitrogen and oxygen atoms in total. The summed E-state index contributed by atoms with van der Waals surface area (Å²) in [6.07, 6.45) is 0. The van der Waals surface area contributed by atoms with Crippen LogP contribution in [0.25, 0.3) is 0 Å². The minimum Gasteiger partial charge on any atom is -0.341 e. The molecule has 0 spiro atoms. The SMILES string of the molecule is CC(N)CSCC(=O)N(C)Cc1ccccc1F. The third-order valence-electron chi connectivity index (χ3n) is 2.40. The predicted octanol–water partition coefficient (Wildman–Crippen LogP) is 1.86. The molecular formula is C13H19FN2OS. The zero-order valence-corrected chi connectivity index (χ0v) is 11.5. The Balaban J connectivity index is 2.43. The van der Waals surface area contributed by atoms with Crippen molar-refractivity contribution >= 4 is 17.7 Å². The third kappa shape index (κ3) is 5.06. The van der Waals surface area contributed by atoms with E-state index in [0.717, 1.165) is 5.75 Å². The number of halogens is 1. The molecule has 0 aromatic heterocycles. The van der Waals surface area contributed by atoms with Crippen molar-refractivity contribution in [3.8, 4) is 0 Å². The Kier molecular flexibility index (Phi) is 6.15. The first-order valence-corrected chi connectivity index (χ1v) is 6.97. The normalized spacial score (nSPS) is 12.2. The van der Waals surface area contributed by atoms with Gasteiger partial charge in [-0.3, -0.25) is 4.79 Å². The Morgan fingerprint density at radius 2 is 2.17 bits per heavy atom. The van der Waals surface area contributed by atoms with Crippen LogP contribution in [0.1, 0.15) is 12.5 Å². The van der Waals surface area contributed by atoms with Crippen LogP contribution in [-0.2, 0) is 11.3 Å². The van der Waals surface area contributed by atoms with E-state index in [1.54, 1.807) is 25.2 Å². The lowest BCUT2D eigenvalue weighted by Crippen LogP contribution is -2.29. The summed E-state index contributed by atoms with van der Waals surface area (Å²) in [4.78, 5) is 13.3. The van der Waals surface area contributed by atoms with E-state index in [4.69, 9.17) is 5.73 Å². The maximum Gasteiger partial charge on any atom is 0.232 e. The van der Waals surface area contributed by atoms with E-state index in [9.17, 15) is 9.18 Å². The van der Waals surface area contributed by atoms with Crippen molar-refractivity contribution in [3.63, 3.8) is 0 Å². The van der Waals surface area contributed by atoms with Crippen LogP contribution in [0.2, 0.25) is 0 Å². The number of rotatable bonds is 6. The van der Waals surface area contributed by atoms with Crippen LogP contribution in [0, 0.1) is 5.82 Å². The molecule has 0 aliphatic heterocycles.